The molecule has 1 aliphatic heterocycles. The molecule has 1 aromatic heterocycles. The quantitative estimate of drug-likeness (QED) is 0.848. The van der Waals surface area contributed by atoms with Crippen LogP contribution in [0.25, 0.3) is 5.70 Å². The highest BCUT2D eigenvalue weighted by atomic mass is 15.2. The van der Waals surface area contributed by atoms with E-state index in [-0.39, 0.29) is 0 Å². The molecule has 0 bridgehead atoms. The maximum absolute atomic E-state index is 5.75. The fraction of sp³-hybridized carbons (Fsp3) is 0.389. The van der Waals surface area contributed by atoms with Gasteiger partial charge in [0.05, 0.1) is 23.3 Å². The minimum absolute atomic E-state index is 0.511. The standard InChI is InChI=1S/C18H26N4/c1-13-7-6-8-22(12-13)16(4)15(3)21(5)18-9-17(14(2)19)10-20-11-18/h9-11,13H,2-4,6-8,12,19H2,1,5H3. The fourth-order valence-electron chi connectivity index (χ4n) is 2.75. The van der Waals surface area contributed by atoms with Crippen LogP contribution in [0.1, 0.15) is 25.3 Å². The third kappa shape index (κ3) is 3.50. The zero-order chi connectivity index (χ0) is 16.3. The van der Waals surface area contributed by atoms with E-state index >= 15 is 0 Å². The Morgan fingerprint density at radius 1 is 1.36 bits per heavy atom. The average Bonchev–Trinajstić information content (AvgIpc) is 2.52. The van der Waals surface area contributed by atoms with Crippen molar-refractivity contribution in [3.8, 4) is 0 Å². The van der Waals surface area contributed by atoms with Gasteiger partial charge in [-0.05, 0) is 24.8 Å². The predicted molar refractivity (Wildman–Crippen MR) is 94.1 cm³/mol. The monoisotopic (exact) mass is 298 g/mol. The molecule has 118 valence electrons. The number of aromatic nitrogens is 1. The normalized spacial score (nSPS) is 17.9. The van der Waals surface area contributed by atoms with E-state index in [1.54, 1.807) is 12.4 Å². The van der Waals surface area contributed by atoms with Gasteiger partial charge in [0.2, 0.25) is 0 Å². The zero-order valence-electron chi connectivity index (χ0n) is 13.7. The lowest BCUT2D eigenvalue weighted by molar-refractivity contribution is 0.233. The van der Waals surface area contributed by atoms with Gasteiger partial charge in [-0.3, -0.25) is 4.98 Å². The van der Waals surface area contributed by atoms with Gasteiger partial charge in [0.25, 0.3) is 0 Å². The molecule has 2 heterocycles. The molecule has 0 radical (unpaired) electrons. The van der Waals surface area contributed by atoms with Crippen LogP contribution in [0.15, 0.2) is 49.6 Å². The topological polar surface area (TPSA) is 45.4 Å². The highest BCUT2D eigenvalue weighted by Crippen LogP contribution is 2.26. The molecule has 1 unspecified atom stereocenters. The van der Waals surface area contributed by atoms with Crippen molar-refractivity contribution in [1.82, 2.24) is 9.88 Å². The number of hydrogen-bond donors (Lipinski definition) is 1. The van der Waals surface area contributed by atoms with Gasteiger partial charge in [-0.1, -0.05) is 26.7 Å². The van der Waals surface area contributed by atoms with Gasteiger partial charge in [-0.15, -0.1) is 0 Å². The van der Waals surface area contributed by atoms with E-state index in [1.165, 1.54) is 12.8 Å². The smallest absolute Gasteiger partial charge is 0.0601 e. The molecule has 22 heavy (non-hydrogen) atoms. The van der Waals surface area contributed by atoms with Crippen molar-refractivity contribution in [2.75, 3.05) is 25.0 Å². The number of hydrogen-bond acceptors (Lipinski definition) is 4. The fourth-order valence-corrected chi connectivity index (χ4v) is 2.75. The summed E-state index contributed by atoms with van der Waals surface area (Å²) in [7, 11) is 1.97. The second-order valence-electron chi connectivity index (χ2n) is 6.10. The third-order valence-electron chi connectivity index (χ3n) is 4.26. The second-order valence-corrected chi connectivity index (χ2v) is 6.10. The molecule has 2 rings (SSSR count). The van der Waals surface area contributed by atoms with Crippen LogP contribution in [0, 0.1) is 5.92 Å². The van der Waals surface area contributed by atoms with E-state index in [9.17, 15) is 0 Å². The molecule has 0 saturated carbocycles. The SMILES string of the molecule is C=C(N)c1cncc(N(C)C(=C)C(=C)N2CCCC(C)C2)c1. The second kappa shape index (κ2) is 6.69. The van der Waals surface area contributed by atoms with Gasteiger partial charge in [0.1, 0.15) is 0 Å². The summed E-state index contributed by atoms with van der Waals surface area (Å²) in [5.74, 6) is 0.703. The molecule has 4 heteroatoms. The zero-order valence-corrected chi connectivity index (χ0v) is 13.7. The number of piperidine rings is 1. The molecule has 1 saturated heterocycles. The van der Waals surface area contributed by atoms with E-state index in [0.29, 0.717) is 11.6 Å². The van der Waals surface area contributed by atoms with Crippen molar-refractivity contribution in [1.29, 1.82) is 0 Å². The Hall–Kier alpha value is -2.23. The molecule has 4 nitrogen and oxygen atoms in total. The Morgan fingerprint density at radius 2 is 2.09 bits per heavy atom. The number of likely N-dealkylation sites (N-methyl/N-ethyl adjacent to an activating group) is 1. The van der Waals surface area contributed by atoms with Crippen LogP contribution in [0.5, 0.6) is 0 Å². The van der Waals surface area contributed by atoms with E-state index in [1.807, 2.05) is 18.0 Å². The van der Waals surface area contributed by atoms with Crippen molar-refractivity contribution in [2.45, 2.75) is 19.8 Å². The first-order chi connectivity index (χ1) is 10.4. The van der Waals surface area contributed by atoms with E-state index < -0.39 is 0 Å². The number of anilines is 1. The van der Waals surface area contributed by atoms with Crippen molar-refractivity contribution >= 4 is 11.4 Å². The molecule has 0 aromatic carbocycles. The average molecular weight is 298 g/mol. The number of pyridine rings is 1. The molecule has 0 amide bonds. The number of nitrogens with zero attached hydrogens (tertiary/aromatic N) is 3. The first-order valence-corrected chi connectivity index (χ1v) is 7.66. The molecule has 0 aliphatic carbocycles. The summed E-state index contributed by atoms with van der Waals surface area (Å²) >= 11 is 0. The Kier molecular flexibility index (Phi) is 4.91. The van der Waals surface area contributed by atoms with E-state index in [0.717, 1.165) is 35.7 Å². The van der Waals surface area contributed by atoms with Crippen LogP contribution in [0.4, 0.5) is 5.69 Å². The van der Waals surface area contributed by atoms with Crippen molar-refractivity contribution in [2.24, 2.45) is 11.7 Å². The number of rotatable bonds is 5. The third-order valence-corrected chi connectivity index (χ3v) is 4.26. The summed E-state index contributed by atoms with van der Waals surface area (Å²) in [5, 5.41) is 0. The van der Waals surface area contributed by atoms with Crippen LogP contribution in [-0.4, -0.2) is 30.0 Å². The molecule has 1 aromatic rings. The Bertz CT molecular complexity index is 591. The summed E-state index contributed by atoms with van der Waals surface area (Å²) in [4.78, 5) is 8.55. The van der Waals surface area contributed by atoms with Crippen molar-refractivity contribution in [3.63, 3.8) is 0 Å². The van der Waals surface area contributed by atoms with Crippen LogP contribution >= 0.6 is 0 Å². The summed E-state index contributed by atoms with van der Waals surface area (Å²) < 4.78 is 0. The van der Waals surface area contributed by atoms with Gasteiger partial charge in [-0.25, -0.2) is 0 Å². The molecule has 1 fully saturated rings. The van der Waals surface area contributed by atoms with Gasteiger partial charge >= 0.3 is 0 Å². The summed E-state index contributed by atoms with van der Waals surface area (Å²) in [5.41, 5.74) is 9.88. The summed E-state index contributed by atoms with van der Waals surface area (Å²) in [6.45, 7) is 16.6. The highest BCUT2D eigenvalue weighted by molar-refractivity contribution is 5.65. The first kappa shape index (κ1) is 16.1. The predicted octanol–water partition coefficient (Wildman–Crippen LogP) is 3.21. The minimum Gasteiger partial charge on any atom is -0.399 e. The Morgan fingerprint density at radius 3 is 2.73 bits per heavy atom. The molecule has 1 aliphatic rings. The number of likely N-dealkylation sites (tertiary alicyclic amines) is 1. The lowest BCUT2D eigenvalue weighted by Gasteiger charge is -2.36. The first-order valence-electron chi connectivity index (χ1n) is 7.66. The maximum Gasteiger partial charge on any atom is 0.0601 e. The molecule has 0 spiro atoms. The lowest BCUT2D eigenvalue weighted by atomic mass is 9.99. The Balaban J connectivity index is 2.12. The van der Waals surface area contributed by atoms with Crippen LogP contribution in [0.3, 0.4) is 0 Å². The summed E-state index contributed by atoms with van der Waals surface area (Å²) in [6, 6.07) is 1.96. The lowest BCUT2D eigenvalue weighted by Crippen LogP contribution is -2.36. The van der Waals surface area contributed by atoms with Gasteiger partial charge in [-0.2, -0.15) is 0 Å². The van der Waals surface area contributed by atoms with Crippen molar-refractivity contribution < 1.29 is 0 Å². The molecular weight excluding hydrogens is 272 g/mol. The summed E-state index contributed by atoms with van der Waals surface area (Å²) in [6.07, 6.45) is 6.01. The van der Waals surface area contributed by atoms with Gasteiger partial charge in [0.15, 0.2) is 0 Å². The minimum atomic E-state index is 0.511. The van der Waals surface area contributed by atoms with Gasteiger partial charge in [0, 0.05) is 37.6 Å². The van der Waals surface area contributed by atoms with E-state index in [4.69, 9.17) is 5.73 Å². The molecular formula is C18H26N4. The Labute approximate surface area is 133 Å². The van der Waals surface area contributed by atoms with Crippen LogP contribution in [-0.2, 0) is 0 Å². The largest absolute Gasteiger partial charge is 0.399 e. The maximum atomic E-state index is 5.75. The molecule has 1 atom stereocenters. The van der Waals surface area contributed by atoms with Gasteiger partial charge < -0.3 is 15.5 Å². The highest BCUT2D eigenvalue weighted by Gasteiger charge is 2.20. The van der Waals surface area contributed by atoms with E-state index in [2.05, 4.69) is 36.5 Å². The molecule has 2 N–H and O–H groups in total. The number of nitrogens with two attached hydrogens (primary N) is 1. The van der Waals surface area contributed by atoms with Crippen LogP contribution in [0.2, 0.25) is 0 Å². The van der Waals surface area contributed by atoms with Crippen LogP contribution < -0.4 is 10.6 Å². The van der Waals surface area contributed by atoms with Crippen molar-refractivity contribution in [3.05, 3.63) is 55.2 Å².